The molecular formula is C14H16N4O2S2. The van der Waals surface area contributed by atoms with Crippen LogP contribution in [0.15, 0.2) is 28.4 Å². The summed E-state index contributed by atoms with van der Waals surface area (Å²) >= 11 is 2.91. The van der Waals surface area contributed by atoms with Crippen LogP contribution < -0.4 is 10.6 Å². The Kier molecular flexibility index (Phi) is 4.69. The molecule has 0 saturated carbocycles. The summed E-state index contributed by atoms with van der Waals surface area (Å²) in [7, 11) is 0. The summed E-state index contributed by atoms with van der Waals surface area (Å²) in [6.07, 6.45) is 3.19. The van der Waals surface area contributed by atoms with Crippen LogP contribution >= 0.6 is 22.7 Å². The zero-order valence-corrected chi connectivity index (χ0v) is 13.5. The Labute approximate surface area is 136 Å². The predicted octanol–water partition coefficient (Wildman–Crippen LogP) is 2.63. The molecule has 0 radical (unpaired) electrons. The van der Waals surface area contributed by atoms with E-state index < -0.39 is 0 Å². The molecule has 0 aliphatic carbocycles. The molecule has 0 aromatic carbocycles. The molecule has 22 heavy (non-hydrogen) atoms. The third-order valence-corrected chi connectivity index (χ3v) is 4.92. The van der Waals surface area contributed by atoms with Crippen molar-refractivity contribution in [3.63, 3.8) is 0 Å². The third kappa shape index (κ3) is 3.63. The zero-order valence-electron chi connectivity index (χ0n) is 11.8. The van der Waals surface area contributed by atoms with Crippen LogP contribution in [0.3, 0.4) is 0 Å². The fourth-order valence-electron chi connectivity index (χ4n) is 2.35. The van der Waals surface area contributed by atoms with Gasteiger partial charge in [0.15, 0.2) is 5.13 Å². The molecule has 3 rings (SSSR count). The number of thiazole rings is 1. The Morgan fingerprint density at radius 1 is 1.27 bits per heavy atom. The molecule has 2 aromatic rings. The number of hydrogen-bond donors (Lipinski definition) is 2. The van der Waals surface area contributed by atoms with Crippen molar-refractivity contribution >= 4 is 39.7 Å². The lowest BCUT2D eigenvalue weighted by Crippen LogP contribution is -2.47. The van der Waals surface area contributed by atoms with Crippen molar-refractivity contribution in [3.05, 3.63) is 34.0 Å². The first-order valence-electron chi connectivity index (χ1n) is 7.01. The van der Waals surface area contributed by atoms with Crippen LogP contribution in [0.2, 0.25) is 0 Å². The average Bonchev–Trinajstić information content (AvgIpc) is 3.21. The van der Waals surface area contributed by atoms with E-state index in [9.17, 15) is 9.59 Å². The van der Waals surface area contributed by atoms with Gasteiger partial charge < -0.3 is 10.2 Å². The summed E-state index contributed by atoms with van der Waals surface area (Å²) in [6, 6.07) is 1.81. The van der Waals surface area contributed by atoms with E-state index in [2.05, 4.69) is 15.6 Å². The van der Waals surface area contributed by atoms with E-state index in [1.165, 1.54) is 22.7 Å². The minimum Gasteiger partial charge on any atom is -0.349 e. The van der Waals surface area contributed by atoms with Crippen molar-refractivity contribution in [2.45, 2.75) is 18.9 Å². The molecule has 0 spiro atoms. The average molecular weight is 336 g/mol. The normalized spacial score (nSPS) is 15.5. The quantitative estimate of drug-likeness (QED) is 0.905. The lowest BCUT2D eigenvalue weighted by atomic mass is 10.1. The fraction of sp³-hybridized carbons (Fsp3) is 0.357. The Morgan fingerprint density at radius 2 is 2.09 bits per heavy atom. The van der Waals surface area contributed by atoms with Gasteiger partial charge in [-0.15, -0.1) is 11.3 Å². The number of carbonyl (C=O) groups excluding carboxylic acids is 2. The maximum Gasteiger partial charge on any atom is 0.323 e. The van der Waals surface area contributed by atoms with E-state index in [0.717, 1.165) is 12.8 Å². The maximum atomic E-state index is 12.1. The first kappa shape index (κ1) is 15.0. The molecule has 1 aliphatic rings. The van der Waals surface area contributed by atoms with Crippen molar-refractivity contribution in [1.82, 2.24) is 15.2 Å². The highest BCUT2D eigenvalue weighted by atomic mass is 32.1. The van der Waals surface area contributed by atoms with E-state index in [1.807, 2.05) is 22.2 Å². The van der Waals surface area contributed by atoms with Gasteiger partial charge in [-0.1, -0.05) is 0 Å². The first-order chi connectivity index (χ1) is 10.7. The molecule has 3 heterocycles. The van der Waals surface area contributed by atoms with Gasteiger partial charge in [-0.25, -0.2) is 9.78 Å². The van der Waals surface area contributed by atoms with Crippen LogP contribution in [0.25, 0.3) is 0 Å². The van der Waals surface area contributed by atoms with E-state index >= 15 is 0 Å². The second kappa shape index (κ2) is 6.89. The molecule has 6 nitrogen and oxygen atoms in total. The van der Waals surface area contributed by atoms with Gasteiger partial charge in [0.25, 0.3) is 5.91 Å². The lowest BCUT2D eigenvalue weighted by molar-refractivity contribution is 0.0919. The number of amides is 3. The molecule has 2 aromatic heterocycles. The molecule has 3 amide bonds. The number of carbonyl (C=O) groups is 2. The number of aromatic nitrogens is 1. The summed E-state index contributed by atoms with van der Waals surface area (Å²) in [5, 5.41) is 12.0. The Morgan fingerprint density at radius 3 is 2.73 bits per heavy atom. The molecular weight excluding hydrogens is 320 g/mol. The van der Waals surface area contributed by atoms with Crippen molar-refractivity contribution in [2.24, 2.45) is 0 Å². The van der Waals surface area contributed by atoms with Gasteiger partial charge in [0.05, 0.1) is 0 Å². The van der Waals surface area contributed by atoms with Crippen LogP contribution in [0, 0.1) is 0 Å². The van der Waals surface area contributed by atoms with Gasteiger partial charge in [0.2, 0.25) is 0 Å². The van der Waals surface area contributed by atoms with Gasteiger partial charge >= 0.3 is 6.03 Å². The third-order valence-electron chi connectivity index (χ3n) is 3.55. The predicted molar refractivity (Wildman–Crippen MR) is 87.5 cm³/mol. The number of piperidine rings is 1. The van der Waals surface area contributed by atoms with Gasteiger partial charge in [-0.05, 0) is 24.3 Å². The van der Waals surface area contributed by atoms with Crippen molar-refractivity contribution in [1.29, 1.82) is 0 Å². The standard InChI is InChI=1S/C14H16N4O2S2/c19-12(10-3-7-21-9-10)16-11-1-5-18(6-2-11)14(20)17-13-15-4-8-22-13/h3-4,7-9,11H,1-2,5-6H2,(H,16,19)(H,15,17,20). The van der Waals surface area contributed by atoms with Crippen LogP contribution in [-0.4, -0.2) is 41.0 Å². The Hall–Kier alpha value is -1.93. The van der Waals surface area contributed by atoms with Crippen LogP contribution in [-0.2, 0) is 0 Å². The fourth-order valence-corrected chi connectivity index (χ4v) is 3.50. The smallest absolute Gasteiger partial charge is 0.323 e. The monoisotopic (exact) mass is 336 g/mol. The number of thiophene rings is 1. The second-order valence-corrected chi connectivity index (χ2v) is 6.69. The summed E-state index contributed by atoms with van der Waals surface area (Å²) in [6.45, 7) is 1.26. The Bertz CT molecular complexity index is 619. The van der Waals surface area contributed by atoms with E-state index in [0.29, 0.717) is 23.8 Å². The zero-order chi connectivity index (χ0) is 15.4. The number of hydrogen-bond acceptors (Lipinski definition) is 5. The number of likely N-dealkylation sites (tertiary alicyclic amines) is 1. The molecule has 0 atom stereocenters. The summed E-state index contributed by atoms with van der Waals surface area (Å²) < 4.78 is 0. The number of nitrogens with zero attached hydrogens (tertiary/aromatic N) is 2. The van der Waals surface area contributed by atoms with Crippen molar-refractivity contribution in [2.75, 3.05) is 18.4 Å². The number of urea groups is 1. The minimum atomic E-state index is -0.127. The molecule has 2 N–H and O–H groups in total. The highest BCUT2D eigenvalue weighted by Crippen LogP contribution is 2.15. The Balaban J connectivity index is 1.46. The second-order valence-electron chi connectivity index (χ2n) is 5.01. The van der Waals surface area contributed by atoms with Crippen LogP contribution in [0.5, 0.6) is 0 Å². The van der Waals surface area contributed by atoms with Crippen molar-refractivity contribution in [3.8, 4) is 0 Å². The molecule has 116 valence electrons. The molecule has 1 fully saturated rings. The van der Waals surface area contributed by atoms with Crippen LogP contribution in [0.4, 0.5) is 9.93 Å². The number of rotatable bonds is 3. The lowest BCUT2D eigenvalue weighted by Gasteiger charge is -2.32. The van der Waals surface area contributed by atoms with Gasteiger partial charge in [-0.2, -0.15) is 11.3 Å². The highest BCUT2D eigenvalue weighted by Gasteiger charge is 2.24. The summed E-state index contributed by atoms with van der Waals surface area (Å²) in [5.41, 5.74) is 0.703. The number of anilines is 1. The minimum absolute atomic E-state index is 0.0352. The first-order valence-corrected chi connectivity index (χ1v) is 8.83. The van der Waals surface area contributed by atoms with E-state index in [4.69, 9.17) is 0 Å². The molecule has 8 heteroatoms. The van der Waals surface area contributed by atoms with E-state index in [-0.39, 0.29) is 18.0 Å². The topological polar surface area (TPSA) is 74.3 Å². The summed E-state index contributed by atoms with van der Waals surface area (Å²) in [4.78, 5) is 29.9. The largest absolute Gasteiger partial charge is 0.349 e. The van der Waals surface area contributed by atoms with Gasteiger partial charge in [0, 0.05) is 41.7 Å². The molecule has 1 saturated heterocycles. The summed E-state index contributed by atoms with van der Waals surface area (Å²) in [5.74, 6) is -0.0352. The van der Waals surface area contributed by atoms with E-state index in [1.54, 1.807) is 11.1 Å². The van der Waals surface area contributed by atoms with Crippen molar-refractivity contribution < 1.29 is 9.59 Å². The van der Waals surface area contributed by atoms with Gasteiger partial charge in [-0.3, -0.25) is 10.1 Å². The molecule has 1 aliphatic heterocycles. The number of nitrogens with one attached hydrogen (secondary N) is 2. The maximum absolute atomic E-state index is 12.1. The molecule has 0 bridgehead atoms. The molecule has 0 unspecified atom stereocenters. The SMILES string of the molecule is O=C(NC1CCN(C(=O)Nc2nccs2)CC1)c1ccsc1. The van der Waals surface area contributed by atoms with Crippen LogP contribution in [0.1, 0.15) is 23.2 Å². The highest BCUT2D eigenvalue weighted by molar-refractivity contribution is 7.13. The van der Waals surface area contributed by atoms with Gasteiger partial charge in [0.1, 0.15) is 0 Å².